The molecule has 30 heteroatoms. The summed E-state index contributed by atoms with van der Waals surface area (Å²) in [6, 6.07) is -1.84. The molecular formula is C38H65N5O25. The van der Waals surface area contributed by atoms with Crippen LogP contribution in [-0.2, 0) is 42.9 Å². The van der Waals surface area contributed by atoms with Gasteiger partial charge in [-0.2, -0.15) is 0 Å². The fourth-order valence-corrected chi connectivity index (χ4v) is 6.16. The van der Waals surface area contributed by atoms with Crippen LogP contribution >= 0.6 is 0 Å². The highest BCUT2D eigenvalue weighted by molar-refractivity contribution is 5.76. The molecule has 30 nitrogen and oxygen atoms in total. The first-order valence-corrected chi connectivity index (χ1v) is 20.5. The summed E-state index contributed by atoms with van der Waals surface area (Å²) in [4.78, 5) is 48.6. The van der Waals surface area contributed by atoms with Gasteiger partial charge < -0.3 is 132 Å². The van der Waals surface area contributed by atoms with Gasteiger partial charge in [0, 0.05) is 79.8 Å². The van der Waals surface area contributed by atoms with Gasteiger partial charge in [0.15, 0.2) is 25.2 Å². The van der Waals surface area contributed by atoms with E-state index in [2.05, 4.69) is 10.6 Å². The summed E-state index contributed by atoms with van der Waals surface area (Å²) in [5.41, 5.74) is 1.88. The van der Waals surface area contributed by atoms with E-state index >= 15 is 0 Å². The number of hydrogen-bond acceptors (Lipinski definition) is 26. The molecule has 22 N–H and O–H groups in total. The molecule has 0 aromatic heterocycles. The Bertz CT molecular complexity index is 1780. The highest BCUT2D eigenvalue weighted by Gasteiger charge is 2.49. The second-order valence-corrected chi connectivity index (χ2v) is 14.7. The summed E-state index contributed by atoms with van der Waals surface area (Å²) in [6.07, 6.45) is -27.7. The van der Waals surface area contributed by atoms with Crippen molar-refractivity contribution in [2.45, 2.75) is 134 Å². The van der Waals surface area contributed by atoms with Gasteiger partial charge in [0.1, 0.15) is 94.6 Å². The molecular weight excluding hydrogens is 926 g/mol. The number of carbonyl (C=O) groups is 4. The Labute approximate surface area is 387 Å². The number of carbonyl (C=O) groups excluding carboxylic acids is 4. The zero-order chi connectivity index (χ0) is 52.2. The van der Waals surface area contributed by atoms with E-state index in [1.165, 1.54) is 0 Å². The van der Waals surface area contributed by atoms with Crippen molar-refractivity contribution in [2.24, 2.45) is 5.73 Å². The fourth-order valence-electron chi connectivity index (χ4n) is 6.16. The van der Waals surface area contributed by atoms with Gasteiger partial charge in [0.25, 0.3) is 0 Å². The molecule has 0 saturated carbocycles. The van der Waals surface area contributed by atoms with E-state index in [1.807, 2.05) is 10.6 Å². The molecule has 12 atom stereocenters. The van der Waals surface area contributed by atoms with Gasteiger partial charge in [-0.3, -0.25) is 19.2 Å². The van der Waals surface area contributed by atoms with Crippen molar-refractivity contribution in [2.75, 3.05) is 33.0 Å². The van der Waals surface area contributed by atoms with Crippen LogP contribution in [0.15, 0.2) is 45.8 Å². The topological polar surface area (TPSA) is 512 Å². The third-order valence-corrected chi connectivity index (χ3v) is 9.27. The minimum atomic E-state index is -2.56. The van der Waals surface area contributed by atoms with Crippen LogP contribution in [-0.4, -0.2) is 219 Å². The lowest BCUT2D eigenvalue weighted by molar-refractivity contribution is -0.303. The van der Waals surface area contributed by atoms with Gasteiger partial charge in [-0.15, -0.1) is 0 Å². The number of amides is 4. The second-order valence-electron chi connectivity index (χ2n) is 14.7. The Morgan fingerprint density at radius 2 is 1.00 bits per heavy atom. The molecule has 392 valence electrons. The van der Waals surface area contributed by atoms with E-state index in [0.717, 1.165) is 27.7 Å². The lowest BCUT2D eigenvalue weighted by atomic mass is 9.96. The third kappa shape index (κ3) is 18.6. The minimum Gasteiger partial charge on any atom is -0.508 e. The molecule has 1 aliphatic heterocycles. The van der Waals surface area contributed by atoms with Crippen molar-refractivity contribution in [1.29, 1.82) is 0 Å². The molecule has 4 amide bonds. The Kier molecular flexibility index (Phi) is 26.9. The van der Waals surface area contributed by atoms with Gasteiger partial charge in [0.2, 0.25) is 29.9 Å². The van der Waals surface area contributed by atoms with Gasteiger partial charge in [-0.05, 0) is 0 Å². The number of hydrogen-bond donors (Lipinski definition) is 21. The Hall–Kier alpha value is -4.84. The standard InChI is InChI=1S/C38H65N5O25/c1-14(49)40-24(34(59)60)29(55)19(6-10-45)65-36(62)25(41-15(2)50)31(57)21(8-12-47)66-38-27(43-17(4)52)32(58)33(22(13-48)67-38)68-37(63)26(42-16(3)51)30(56)20(7-11-46)64-35(61)23(39)28(54)18(53)5-9-44/h18-22,27,32-38,44-48,53-63H,5-13,39H2,1-4H3,(H,40,49)(H,41,50)(H,42,51)(H,43,52)/b28-23+,29-24+,30-26-,31-25-. The molecule has 0 aromatic rings. The molecule has 0 bridgehead atoms. The molecule has 0 aromatic carbocycles. The first-order valence-electron chi connectivity index (χ1n) is 20.5. The normalized spacial score (nSPS) is 23.3. The van der Waals surface area contributed by atoms with Gasteiger partial charge in [-0.1, -0.05) is 0 Å². The van der Waals surface area contributed by atoms with Crippen LogP contribution in [0.5, 0.6) is 0 Å². The van der Waals surface area contributed by atoms with E-state index in [-0.39, 0.29) is 0 Å². The third-order valence-electron chi connectivity index (χ3n) is 9.27. The Morgan fingerprint density at radius 1 is 0.574 bits per heavy atom. The highest BCUT2D eigenvalue weighted by Crippen LogP contribution is 2.30. The first-order chi connectivity index (χ1) is 31.8. The largest absolute Gasteiger partial charge is 0.508 e. The average Bonchev–Trinajstić information content (AvgIpc) is 3.26. The molecule has 68 heavy (non-hydrogen) atoms. The minimum absolute atomic E-state index is 0.424. The lowest BCUT2D eigenvalue weighted by Crippen LogP contribution is -2.66. The summed E-state index contributed by atoms with van der Waals surface area (Å²) in [5.74, 6) is -8.27. The summed E-state index contributed by atoms with van der Waals surface area (Å²) >= 11 is 0. The maximum absolute atomic E-state index is 12.4. The number of nitrogens with one attached hydrogen (secondary N) is 4. The van der Waals surface area contributed by atoms with Crippen LogP contribution in [0.4, 0.5) is 0 Å². The number of nitrogens with two attached hydrogens (primary N) is 1. The van der Waals surface area contributed by atoms with E-state index in [1.54, 1.807) is 0 Å². The van der Waals surface area contributed by atoms with Crippen LogP contribution in [0.2, 0.25) is 0 Å². The number of aliphatic hydroxyl groups excluding tert-OH is 15. The van der Waals surface area contributed by atoms with E-state index in [9.17, 15) is 95.8 Å². The van der Waals surface area contributed by atoms with Crippen LogP contribution in [0.3, 0.4) is 0 Å². The van der Waals surface area contributed by atoms with Crippen LogP contribution < -0.4 is 27.0 Å². The van der Waals surface area contributed by atoms with Gasteiger partial charge in [0.05, 0.1) is 6.61 Å². The van der Waals surface area contributed by atoms with Crippen molar-refractivity contribution in [1.82, 2.24) is 21.3 Å². The predicted molar refractivity (Wildman–Crippen MR) is 222 cm³/mol. The van der Waals surface area contributed by atoms with Crippen molar-refractivity contribution in [3.05, 3.63) is 45.8 Å². The fraction of sp³-hybridized carbons (Fsp3) is 0.684. The molecule has 0 spiro atoms. The quantitative estimate of drug-likeness (QED) is 0.0244. The molecule has 0 aliphatic carbocycles. The molecule has 12 unspecified atom stereocenters. The van der Waals surface area contributed by atoms with E-state index in [4.69, 9.17) is 34.5 Å². The molecule has 1 fully saturated rings. The van der Waals surface area contributed by atoms with Crippen molar-refractivity contribution in [3.8, 4) is 0 Å². The maximum Gasteiger partial charge on any atom is 0.221 e. The van der Waals surface area contributed by atoms with Crippen LogP contribution in [0, 0.1) is 0 Å². The Morgan fingerprint density at radius 3 is 1.44 bits per heavy atom. The van der Waals surface area contributed by atoms with Gasteiger partial charge >= 0.3 is 0 Å². The Balaban J connectivity index is 3.79. The van der Waals surface area contributed by atoms with E-state index in [0.29, 0.717) is 0 Å². The van der Waals surface area contributed by atoms with Crippen LogP contribution in [0.25, 0.3) is 0 Å². The molecule has 1 heterocycles. The monoisotopic (exact) mass is 991 g/mol. The zero-order valence-electron chi connectivity index (χ0n) is 37.3. The molecule has 1 rings (SSSR count). The summed E-state index contributed by atoms with van der Waals surface area (Å²) < 4.78 is 27.7. The van der Waals surface area contributed by atoms with Gasteiger partial charge in [-0.25, -0.2) is 0 Å². The van der Waals surface area contributed by atoms with E-state index < -0.39 is 208 Å². The highest BCUT2D eigenvalue weighted by atomic mass is 16.7. The second kappa shape index (κ2) is 29.9. The van der Waals surface area contributed by atoms with Crippen molar-refractivity contribution < 1.29 is 125 Å². The SMILES string of the molecule is CC(=O)N/C(=C(\O)C(CCO)OC(O)/C(N)=C(\O)C(O)CCO)C(O)OC1C(CO)OC(OC(CCO)/C(O)=C(/NC(C)=O)C(O)OC(CCO)/C(O)=C(\NC(C)=O)C(O)O)C(NC(C)=O)C1O. The summed E-state index contributed by atoms with van der Waals surface area (Å²) in [6.45, 7) is -0.486. The zero-order valence-corrected chi connectivity index (χ0v) is 37.3. The summed E-state index contributed by atoms with van der Waals surface area (Å²) in [5, 5.41) is 174. The molecule has 1 saturated heterocycles. The number of rotatable bonds is 29. The molecule has 1 aliphatic rings. The van der Waals surface area contributed by atoms with Crippen LogP contribution in [0.1, 0.15) is 53.4 Å². The smallest absolute Gasteiger partial charge is 0.221 e. The summed E-state index contributed by atoms with van der Waals surface area (Å²) in [7, 11) is 0. The predicted octanol–water partition coefficient (Wildman–Crippen LogP) is -7.29. The lowest BCUT2D eigenvalue weighted by Gasteiger charge is -2.45. The van der Waals surface area contributed by atoms with Crippen molar-refractivity contribution in [3.63, 3.8) is 0 Å². The van der Waals surface area contributed by atoms with Crippen molar-refractivity contribution >= 4 is 23.6 Å². The number of ether oxygens (including phenoxy) is 5. The molecule has 0 radical (unpaired) electrons. The first kappa shape index (κ1) is 61.2. The number of aliphatic hydroxyl groups is 16. The average molecular weight is 992 g/mol. The maximum atomic E-state index is 12.4.